The highest BCUT2D eigenvalue weighted by Gasteiger charge is 2.14. The van der Waals surface area contributed by atoms with Gasteiger partial charge in [0.15, 0.2) is 5.75 Å². The molecular formula is C15H12Cl2FNO2. The van der Waals surface area contributed by atoms with Gasteiger partial charge in [-0.05, 0) is 36.8 Å². The van der Waals surface area contributed by atoms with Crippen LogP contribution >= 0.6 is 23.2 Å². The number of hydrogen-bond acceptors (Lipinski definition) is 2. The molecule has 2 aromatic carbocycles. The van der Waals surface area contributed by atoms with Gasteiger partial charge in [-0.3, -0.25) is 4.79 Å². The van der Waals surface area contributed by atoms with Gasteiger partial charge in [-0.15, -0.1) is 0 Å². The summed E-state index contributed by atoms with van der Waals surface area (Å²) in [6, 6.07) is 7.04. The van der Waals surface area contributed by atoms with Gasteiger partial charge in [0.05, 0.1) is 17.2 Å². The molecule has 0 radical (unpaired) electrons. The largest absolute Gasteiger partial charge is 0.494 e. The molecule has 2 aromatic rings. The summed E-state index contributed by atoms with van der Waals surface area (Å²) in [5, 5.41) is 3.08. The Morgan fingerprint density at radius 2 is 1.81 bits per heavy atom. The third-order valence-corrected chi connectivity index (χ3v) is 3.47. The van der Waals surface area contributed by atoms with Crippen LogP contribution in [0.25, 0.3) is 0 Å². The third-order valence-electron chi connectivity index (χ3n) is 2.91. The molecule has 3 nitrogen and oxygen atoms in total. The molecule has 0 aliphatic rings. The molecule has 1 N–H and O–H groups in total. The molecule has 0 spiro atoms. The first-order valence-electron chi connectivity index (χ1n) is 6.03. The quantitative estimate of drug-likeness (QED) is 0.887. The maximum absolute atomic E-state index is 13.2. The Labute approximate surface area is 131 Å². The molecule has 6 heteroatoms. The lowest BCUT2D eigenvalue weighted by Gasteiger charge is -2.11. The summed E-state index contributed by atoms with van der Waals surface area (Å²) in [6.45, 7) is 1.77. The maximum atomic E-state index is 13.2. The fourth-order valence-corrected chi connectivity index (χ4v) is 2.45. The Hall–Kier alpha value is -1.78. The standard InChI is InChI=1S/C15H12Cl2FNO2/c1-8-3-4-10(18)7-13(8)19-15(20)9-5-11(16)14(21-2)12(17)6-9/h3-7H,1-2H3,(H,19,20). The topological polar surface area (TPSA) is 38.3 Å². The molecule has 0 heterocycles. The first-order chi connectivity index (χ1) is 9.92. The van der Waals surface area contributed by atoms with E-state index in [1.54, 1.807) is 13.0 Å². The van der Waals surface area contributed by atoms with Crippen LogP contribution in [0.15, 0.2) is 30.3 Å². The lowest BCUT2D eigenvalue weighted by Crippen LogP contribution is -2.13. The van der Waals surface area contributed by atoms with Crippen molar-refractivity contribution in [1.29, 1.82) is 0 Å². The van der Waals surface area contributed by atoms with Crippen molar-refractivity contribution in [2.75, 3.05) is 12.4 Å². The summed E-state index contributed by atoms with van der Waals surface area (Å²) >= 11 is 12.0. The zero-order chi connectivity index (χ0) is 15.6. The van der Waals surface area contributed by atoms with Crippen LogP contribution in [0.1, 0.15) is 15.9 Å². The van der Waals surface area contributed by atoms with Gasteiger partial charge in [-0.2, -0.15) is 0 Å². The average molecular weight is 328 g/mol. The Bertz CT molecular complexity index is 681. The molecule has 0 atom stereocenters. The van der Waals surface area contributed by atoms with Crippen LogP contribution in [0.2, 0.25) is 10.0 Å². The minimum atomic E-state index is -0.435. The second-order valence-electron chi connectivity index (χ2n) is 4.39. The molecule has 0 aliphatic carbocycles. The first-order valence-corrected chi connectivity index (χ1v) is 6.78. The summed E-state index contributed by atoms with van der Waals surface area (Å²) in [6.07, 6.45) is 0. The van der Waals surface area contributed by atoms with Crippen molar-refractivity contribution in [3.8, 4) is 5.75 Å². The first kappa shape index (κ1) is 15.6. The molecule has 0 fully saturated rings. The monoisotopic (exact) mass is 327 g/mol. The van der Waals surface area contributed by atoms with Gasteiger partial charge in [0.1, 0.15) is 5.82 Å². The molecule has 2 rings (SSSR count). The number of hydrogen-bond donors (Lipinski definition) is 1. The molecule has 0 saturated heterocycles. The van der Waals surface area contributed by atoms with E-state index in [1.165, 1.54) is 31.4 Å². The number of aryl methyl sites for hydroxylation is 1. The lowest BCUT2D eigenvalue weighted by molar-refractivity contribution is 0.102. The van der Waals surface area contributed by atoms with Gasteiger partial charge in [0.25, 0.3) is 5.91 Å². The average Bonchev–Trinajstić information content (AvgIpc) is 2.42. The number of anilines is 1. The smallest absolute Gasteiger partial charge is 0.255 e. The summed E-state index contributed by atoms with van der Waals surface area (Å²) < 4.78 is 18.2. The minimum Gasteiger partial charge on any atom is -0.494 e. The van der Waals surface area contributed by atoms with Crippen LogP contribution in [-0.4, -0.2) is 13.0 Å². The third kappa shape index (κ3) is 3.46. The highest BCUT2D eigenvalue weighted by Crippen LogP contribution is 2.34. The highest BCUT2D eigenvalue weighted by atomic mass is 35.5. The Kier molecular flexibility index (Phi) is 4.70. The number of amides is 1. The number of carbonyl (C=O) groups is 1. The van der Waals surface area contributed by atoms with Crippen LogP contribution in [0.3, 0.4) is 0 Å². The van der Waals surface area contributed by atoms with Gasteiger partial charge in [0.2, 0.25) is 0 Å². The van der Waals surface area contributed by atoms with Crippen LogP contribution < -0.4 is 10.1 Å². The van der Waals surface area contributed by atoms with Crippen molar-refractivity contribution in [3.05, 3.63) is 57.3 Å². The van der Waals surface area contributed by atoms with E-state index < -0.39 is 11.7 Å². The van der Waals surface area contributed by atoms with Crippen molar-refractivity contribution in [3.63, 3.8) is 0 Å². The second kappa shape index (κ2) is 6.33. The molecule has 0 aliphatic heterocycles. The lowest BCUT2D eigenvalue weighted by atomic mass is 10.1. The maximum Gasteiger partial charge on any atom is 0.255 e. The van der Waals surface area contributed by atoms with Crippen molar-refractivity contribution in [1.82, 2.24) is 0 Å². The molecule has 0 saturated carbocycles. The van der Waals surface area contributed by atoms with Crippen molar-refractivity contribution < 1.29 is 13.9 Å². The van der Waals surface area contributed by atoms with E-state index in [1.807, 2.05) is 0 Å². The molecule has 110 valence electrons. The summed E-state index contributed by atoms with van der Waals surface area (Å²) in [5.41, 5.74) is 1.40. The summed E-state index contributed by atoms with van der Waals surface area (Å²) in [5.74, 6) is -0.561. The Morgan fingerprint density at radius 3 is 2.38 bits per heavy atom. The number of ether oxygens (including phenoxy) is 1. The number of carbonyl (C=O) groups excluding carboxylic acids is 1. The summed E-state index contributed by atoms with van der Waals surface area (Å²) in [4.78, 5) is 12.2. The van der Waals surface area contributed by atoms with E-state index in [9.17, 15) is 9.18 Å². The van der Waals surface area contributed by atoms with E-state index in [-0.39, 0.29) is 15.6 Å². The highest BCUT2D eigenvalue weighted by molar-refractivity contribution is 6.37. The summed E-state index contributed by atoms with van der Waals surface area (Å²) in [7, 11) is 1.43. The van der Waals surface area contributed by atoms with Crippen molar-refractivity contribution >= 4 is 34.8 Å². The van der Waals surface area contributed by atoms with Gasteiger partial charge in [-0.25, -0.2) is 4.39 Å². The molecule has 0 bridgehead atoms. The number of methoxy groups -OCH3 is 1. The van der Waals surface area contributed by atoms with E-state index in [2.05, 4.69) is 5.32 Å². The predicted molar refractivity (Wildman–Crippen MR) is 82.1 cm³/mol. The van der Waals surface area contributed by atoms with Crippen LogP contribution in [-0.2, 0) is 0 Å². The predicted octanol–water partition coefficient (Wildman–Crippen LogP) is 4.70. The van der Waals surface area contributed by atoms with Gasteiger partial charge in [0, 0.05) is 11.3 Å². The fraction of sp³-hybridized carbons (Fsp3) is 0.133. The molecule has 21 heavy (non-hydrogen) atoms. The molecule has 0 aromatic heterocycles. The van der Waals surface area contributed by atoms with Gasteiger partial charge in [-0.1, -0.05) is 29.3 Å². The number of rotatable bonds is 3. The van der Waals surface area contributed by atoms with Crippen LogP contribution in [0, 0.1) is 12.7 Å². The van der Waals surface area contributed by atoms with Crippen LogP contribution in [0.4, 0.5) is 10.1 Å². The number of benzene rings is 2. The molecular weight excluding hydrogens is 316 g/mol. The van der Waals surface area contributed by atoms with E-state index >= 15 is 0 Å². The fourth-order valence-electron chi connectivity index (χ4n) is 1.81. The Morgan fingerprint density at radius 1 is 1.19 bits per heavy atom. The molecule has 1 amide bonds. The van der Waals surface area contributed by atoms with E-state index in [0.717, 1.165) is 5.56 Å². The number of nitrogens with one attached hydrogen (secondary N) is 1. The van der Waals surface area contributed by atoms with E-state index in [0.29, 0.717) is 11.4 Å². The molecule has 0 unspecified atom stereocenters. The zero-order valence-electron chi connectivity index (χ0n) is 11.3. The van der Waals surface area contributed by atoms with Gasteiger partial charge < -0.3 is 10.1 Å². The minimum absolute atomic E-state index is 0.228. The van der Waals surface area contributed by atoms with Crippen molar-refractivity contribution in [2.24, 2.45) is 0 Å². The van der Waals surface area contributed by atoms with Gasteiger partial charge >= 0.3 is 0 Å². The normalized spacial score (nSPS) is 10.3. The van der Waals surface area contributed by atoms with E-state index in [4.69, 9.17) is 27.9 Å². The zero-order valence-corrected chi connectivity index (χ0v) is 12.8. The van der Waals surface area contributed by atoms with Crippen LogP contribution in [0.5, 0.6) is 5.75 Å². The SMILES string of the molecule is COc1c(Cl)cc(C(=O)Nc2cc(F)ccc2C)cc1Cl. The van der Waals surface area contributed by atoms with Crippen molar-refractivity contribution in [2.45, 2.75) is 6.92 Å². The second-order valence-corrected chi connectivity index (χ2v) is 5.20. The number of halogens is 3. The Balaban J connectivity index is 2.31.